The number of hydrogen-bond donors (Lipinski definition) is 3. The molecular formula is C6H9NO5. The Morgan fingerprint density at radius 1 is 1.33 bits per heavy atom. The van der Waals surface area contributed by atoms with E-state index in [4.69, 9.17) is 15.6 Å². The van der Waals surface area contributed by atoms with E-state index in [-0.39, 0.29) is 0 Å². The standard InChI is InChI=1S/C6H9NO5/c1-6(2,5(10)11)12-3(7)4(8)9/h7H,1-2H3,(H,8,9)(H,10,11). The van der Waals surface area contributed by atoms with Gasteiger partial charge in [-0.1, -0.05) is 0 Å². The molecule has 0 aromatic rings. The highest BCUT2D eigenvalue weighted by atomic mass is 16.6. The van der Waals surface area contributed by atoms with Crippen molar-refractivity contribution in [3.05, 3.63) is 0 Å². The highest BCUT2D eigenvalue weighted by molar-refractivity contribution is 6.30. The molecular weight excluding hydrogens is 166 g/mol. The van der Waals surface area contributed by atoms with Crippen molar-refractivity contribution in [3.63, 3.8) is 0 Å². The Morgan fingerprint density at radius 3 is 2.00 bits per heavy atom. The molecule has 0 rings (SSSR count). The van der Waals surface area contributed by atoms with Gasteiger partial charge in [0.1, 0.15) is 0 Å². The molecule has 0 aliphatic heterocycles. The van der Waals surface area contributed by atoms with Gasteiger partial charge in [-0.3, -0.25) is 5.41 Å². The van der Waals surface area contributed by atoms with Crippen molar-refractivity contribution in [2.24, 2.45) is 0 Å². The zero-order valence-corrected chi connectivity index (χ0v) is 6.62. The van der Waals surface area contributed by atoms with E-state index in [1.807, 2.05) is 0 Å². The highest BCUT2D eigenvalue weighted by Crippen LogP contribution is 2.09. The summed E-state index contributed by atoms with van der Waals surface area (Å²) in [6, 6.07) is 0. The molecule has 0 saturated carbocycles. The lowest BCUT2D eigenvalue weighted by molar-refractivity contribution is -0.154. The van der Waals surface area contributed by atoms with Crippen molar-refractivity contribution < 1.29 is 24.5 Å². The third-order valence-corrected chi connectivity index (χ3v) is 1.07. The van der Waals surface area contributed by atoms with Crippen LogP contribution in [0, 0.1) is 5.41 Å². The van der Waals surface area contributed by atoms with Crippen LogP contribution in [0.1, 0.15) is 13.8 Å². The van der Waals surface area contributed by atoms with Crippen molar-refractivity contribution >= 4 is 17.8 Å². The molecule has 0 aromatic heterocycles. The second kappa shape index (κ2) is 3.21. The number of carboxylic acid groups (broad SMARTS) is 2. The Balaban J connectivity index is 4.35. The molecule has 0 aliphatic carbocycles. The smallest absolute Gasteiger partial charge is 0.391 e. The molecule has 0 spiro atoms. The van der Waals surface area contributed by atoms with Gasteiger partial charge in [-0.15, -0.1) is 0 Å². The minimum atomic E-state index is -1.69. The quantitative estimate of drug-likeness (QED) is 0.402. The van der Waals surface area contributed by atoms with Gasteiger partial charge in [0, 0.05) is 0 Å². The van der Waals surface area contributed by atoms with Gasteiger partial charge in [-0.05, 0) is 13.8 Å². The van der Waals surface area contributed by atoms with Crippen LogP contribution in [0.2, 0.25) is 0 Å². The molecule has 6 nitrogen and oxygen atoms in total. The number of hydrogen-bond acceptors (Lipinski definition) is 4. The van der Waals surface area contributed by atoms with E-state index in [2.05, 4.69) is 4.74 Å². The van der Waals surface area contributed by atoms with E-state index in [0.717, 1.165) is 13.8 Å². The number of rotatable bonds is 2. The summed E-state index contributed by atoms with van der Waals surface area (Å²) in [5.41, 5.74) is -1.69. The first-order valence-corrected chi connectivity index (χ1v) is 3.01. The molecule has 0 bridgehead atoms. The van der Waals surface area contributed by atoms with Crippen molar-refractivity contribution in [2.45, 2.75) is 19.4 Å². The molecule has 68 valence electrons. The molecule has 0 saturated heterocycles. The molecule has 6 heteroatoms. The average molecular weight is 175 g/mol. The largest absolute Gasteiger partial charge is 0.478 e. The van der Waals surface area contributed by atoms with Gasteiger partial charge in [-0.2, -0.15) is 0 Å². The molecule has 0 radical (unpaired) electrons. The van der Waals surface area contributed by atoms with E-state index in [1.54, 1.807) is 0 Å². The monoisotopic (exact) mass is 175 g/mol. The van der Waals surface area contributed by atoms with Crippen molar-refractivity contribution in [1.29, 1.82) is 5.41 Å². The summed E-state index contributed by atoms with van der Waals surface area (Å²) in [5.74, 6) is -4.00. The molecule has 0 unspecified atom stereocenters. The maximum absolute atomic E-state index is 10.4. The molecule has 0 aliphatic rings. The number of ether oxygens (including phenoxy) is 1. The summed E-state index contributed by atoms with van der Waals surface area (Å²) >= 11 is 0. The van der Waals surface area contributed by atoms with Gasteiger partial charge in [-0.25, -0.2) is 9.59 Å². The normalized spacial score (nSPS) is 10.5. The number of aliphatic carboxylic acids is 2. The van der Waals surface area contributed by atoms with Crippen molar-refractivity contribution in [1.82, 2.24) is 0 Å². The van der Waals surface area contributed by atoms with E-state index in [1.165, 1.54) is 0 Å². The van der Waals surface area contributed by atoms with Gasteiger partial charge >= 0.3 is 11.9 Å². The van der Waals surface area contributed by atoms with E-state index in [9.17, 15) is 9.59 Å². The zero-order valence-electron chi connectivity index (χ0n) is 6.62. The lowest BCUT2D eigenvalue weighted by atomic mass is 10.1. The lowest BCUT2D eigenvalue weighted by Crippen LogP contribution is -2.38. The number of carbonyl (C=O) groups is 2. The Hall–Kier alpha value is -1.59. The third kappa shape index (κ3) is 2.57. The van der Waals surface area contributed by atoms with Crippen LogP contribution in [-0.4, -0.2) is 33.7 Å². The summed E-state index contributed by atoms with van der Waals surface area (Å²) < 4.78 is 4.34. The van der Waals surface area contributed by atoms with Crippen molar-refractivity contribution in [2.75, 3.05) is 0 Å². The van der Waals surface area contributed by atoms with Gasteiger partial charge in [0.15, 0.2) is 0 Å². The molecule has 3 N–H and O–H groups in total. The molecule has 0 aromatic carbocycles. The first kappa shape index (κ1) is 10.4. The van der Waals surface area contributed by atoms with Crippen LogP contribution in [0.15, 0.2) is 0 Å². The predicted molar refractivity (Wildman–Crippen MR) is 38.2 cm³/mol. The van der Waals surface area contributed by atoms with Crippen LogP contribution in [0.4, 0.5) is 0 Å². The van der Waals surface area contributed by atoms with Crippen LogP contribution >= 0.6 is 0 Å². The van der Waals surface area contributed by atoms with Crippen LogP contribution in [-0.2, 0) is 14.3 Å². The minimum absolute atomic E-state index is 1.08. The molecule has 12 heavy (non-hydrogen) atoms. The lowest BCUT2D eigenvalue weighted by Gasteiger charge is -2.19. The van der Waals surface area contributed by atoms with E-state index < -0.39 is 23.4 Å². The maximum atomic E-state index is 10.4. The van der Waals surface area contributed by atoms with E-state index in [0.29, 0.717) is 0 Å². The first-order valence-electron chi connectivity index (χ1n) is 3.01. The first-order chi connectivity index (χ1) is 5.27. The van der Waals surface area contributed by atoms with Crippen LogP contribution in [0.25, 0.3) is 0 Å². The number of carboxylic acids is 2. The Labute approximate surface area is 68.3 Å². The number of nitrogens with one attached hydrogen (secondary N) is 1. The summed E-state index contributed by atoms with van der Waals surface area (Å²) in [6.45, 7) is 2.32. The topological polar surface area (TPSA) is 108 Å². The average Bonchev–Trinajstić information content (AvgIpc) is 1.85. The molecule has 0 heterocycles. The highest BCUT2D eigenvalue weighted by Gasteiger charge is 2.32. The summed E-state index contributed by atoms with van der Waals surface area (Å²) in [7, 11) is 0. The molecule has 0 amide bonds. The van der Waals surface area contributed by atoms with Gasteiger partial charge in [0.2, 0.25) is 5.60 Å². The fourth-order valence-electron chi connectivity index (χ4n) is 0.342. The molecule has 0 atom stereocenters. The zero-order chi connectivity index (χ0) is 9.94. The maximum Gasteiger partial charge on any atom is 0.391 e. The fourth-order valence-corrected chi connectivity index (χ4v) is 0.342. The Morgan fingerprint density at radius 2 is 1.75 bits per heavy atom. The van der Waals surface area contributed by atoms with Gasteiger partial charge in [0.25, 0.3) is 5.90 Å². The Kier molecular flexibility index (Phi) is 2.78. The fraction of sp³-hybridized carbons (Fsp3) is 0.500. The van der Waals surface area contributed by atoms with Crippen LogP contribution < -0.4 is 0 Å². The van der Waals surface area contributed by atoms with E-state index >= 15 is 0 Å². The van der Waals surface area contributed by atoms with Crippen LogP contribution in [0.5, 0.6) is 0 Å². The summed E-state index contributed by atoms with van der Waals surface area (Å²) in [4.78, 5) is 20.4. The second-order valence-electron chi connectivity index (χ2n) is 2.55. The minimum Gasteiger partial charge on any atom is -0.478 e. The predicted octanol–water partition coefficient (Wildman–Crippen LogP) is -0.0719. The summed E-state index contributed by atoms with van der Waals surface area (Å²) in [5, 5.41) is 23.3. The molecule has 0 fully saturated rings. The summed E-state index contributed by atoms with van der Waals surface area (Å²) in [6.07, 6.45) is 0. The van der Waals surface area contributed by atoms with Crippen molar-refractivity contribution in [3.8, 4) is 0 Å². The van der Waals surface area contributed by atoms with Crippen LogP contribution in [0.3, 0.4) is 0 Å². The van der Waals surface area contributed by atoms with Gasteiger partial charge in [0.05, 0.1) is 0 Å². The Bertz CT molecular complexity index is 232. The van der Waals surface area contributed by atoms with Gasteiger partial charge < -0.3 is 14.9 Å². The SMILES string of the molecule is CC(C)(OC(=N)C(=O)O)C(=O)O. The second-order valence-corrected chi connectivity index (χ2v) is 2.55. The third-order valence-electron chi connectivity index (χ3n) is 1.07.